The second kappa shape index (κ2) is 6.72. The van der Waals surface area contributed by atoms with E-state index in [1.165, 1.54) is 6.07 Å². The topological polar surface area (TPSA) is 63.8 Å². The molecule has 7 heteroatoms. The van der Waals surface area contributed by atoms with Crippen LogP contribution in [0.4, 0.5) is 10.2 Å². The molecule has 0 aliphatic carbocycles. The third-order valence-electron chi connectivity index (χ3n) is 3.93. The summed E-state index contributed by atoms with van der Waals surface area (Å²) in [6.45, 7) is 2.11. The van der Waals surface area contributed by atoms with Gasteiger partial charge in [0.2, 0.25) is 0 Å². The highest BCUT2D eigenvalue weighted by molar-refractivity contribution is 6.34. The van der Waals surface area contributed by atoms with Crippen molar-refractivity contribution in [2.24, 2.45) is 0 Å². The van der Waals surface area contributed by atoms with Gasteiger partial charge in [-0.25, -0.2) is 14.4 Å². The van der Waals surface area contributed by atoms with Crippen molar-refractivity contribution in [1.82, 2.24) is 15.0 Å². The molecule has 0 saturated carbocycles. The van der Waals surface area contributed by atoms with Crippen molar-refractivity contribution in [1.29, 1.82) is 0 Å². The summed E-state index contributed by atoms with van der Waals surface area (Å²) in [6, 6.07) is 10.1. The molecule has 4 rings (SSSR count). The van der Waals surface area contributed by atoms with Crippen molar-refractivity contribution in [3.05, 3.63) is 71.1 Å². The van der Waals surface area contributed by atoms with Crippen molar-refractivity contribution >= 4 is 28.5 Å². The van der Waals surface area contributed by atoms with Gasteiger partial charge in [0.05, 0.1) is 23.1 Å². The number of aryl methyl sites for hydroxylation is 1. The van der Waals surface area contributed by atoms with Gasteiger partial charge in [0, 0.05) is 24.6 Å². The number of halogens is 2. The van der Waals surface area contributed by atoms with Crippen LogP contribution in [0.1, 0.15) is 11.5 Å². The molecule has 1 N–H and O–H groups in total. The molecular weight excluding hydrogens is 355 g/mol. The van der Waals surface area contributed by atoms with E-state index in [2.05, 4.69) is 20.3 Å². The van der Waals surface area contributed by atoms with Crippen LogP contribution in [-0.4, -0.2) is 15.0 Å². The van der Waals surface area contributed by atoms with Gasteiger partial charge in [0.1, 0.15) is 17.2 Å². The number of aromatic nitrogens is 3. The molecule has 130 valence electrons. The molecule has 0 fully saturated rings. The predicted octanol–water partition coefficient (Wildman–Crippen LogP) is 5.00. The van der Waals surface area contributed by atoms with E-state index in [1.807, 2.05) is 0 Å². The Morgan fingerprint density at radius 2 is 2.00 bits per heavy atom. The van der Waals surface area contributed by atoms with Gasteiger partial charge < -0.3 is 9.73 Å². The molecule has 0 atom stereocenters. The first-order valence-electron chi connectivity index (χ1n) is 7.96. The molecule has 0 saturated heterocycles. The van der Waals surface area contributed by atoms with Crippen LogP contribution in [0.15, 0.2) is 53.2 Å². The lowest BCUT2D eigenvalue weighted by Crippen LogP contribution is -2.03. The van der Waals surface area contributed by atoms with Crippen LogP contribution in [-0.2, 0) is 6.54 Å². The Morgan fingerprint density at radius 3 is 2.77 bits per heavy atom. The summed E-state index contributed by atoms with van der Waals surface area (Å²) in [5, 5.41) is 3.57. The lowest BCUT2D eigenvalue weighted by molar-refractivity contribution is 0.561. The van der Waals surface area contributed by atoms with Crippen LogP contribution in [0.3, 0.4) is 0 Å². The fourth-order valence-electron chi connectivity index (χ4n) is 2.65. The van der Waals surface area contributed by atoms with Gasteiger partial charge >= 0.3 is 0 Å². The smallest absolute Gasteiger partial charge is 0.192 e. The Kier molecular flexibility index (Phi) is 4.26. The van der Waals surface area contributed by atoms with Crippen LogP contribution in [0.5, 0.6) is 0 Å². The minimum Gasteiger partial charge on any atom is -0.441 e. The maximum Gasteiger partial charge on any atom is 0.192 e. The molecule has 0 amide bonds. The fraction of sp³-hybridized carbons (Fsp3) is 0.105. The summed E-state index contributed by atoms with van der Waals surface area (Å²) in [5.41, 5.74) is 3.23. The highest BCUT2D eigenvalue weighted by Crippen LogP contribution is 2.31. The molecule has 0 radical (unpaired) electrons. The summed E-state index contributed by atoms with van der Waals surface area (Å²) in [7, 11) is 0. The summed E-state index contributed by atoms with van der Waals surface area (Å²) in [6.07, 6.45) is 3.20. The monoisotopic (exact) mass is 368 g/mol. The number of benzene rings is 2. The van der Waals surface area contributed by atoms with E-state index in [-0.39, 0.29) is 5.82 Å². The summed E-state index contributed by atoms with van der Waals surface area (Å²) < 4.78 is 19.2. The summed E-state index contributed by atoms with van der Waals surface area (Å²) >= 11 is 6.34. The van der Waals surface area contributed by atoms with Gasteiger partial charge in [0.15, 0.2) is 11.5 Å². The second-order valence-electron chi connectivity index (χ2n) is 5.76. The van der Waals surface area contributed by atoms with Gasteiger partial charge in [-0.1, -0.05) is 29.8 Å². The van der Waals surface area contributed by atoms with Gasteiger partial charge in [-0.3, -0.25) is 4.98 Å². The number of hydrogen-bond acceptors (Lipinski definition) is 5. The molecule has 26 heavy (non-hydrogen) atoms. The minimum atomic E-state index is -0.257. The van der Waals surface area contributed by atoms with E-state index < -0.39 is 0 Å². The number of fused-ring (bicyclic) bond motifs is 1. The van der Waals surface area contributed by atoms with E-state index in [9.17, 15) is 4.39 Å². The van der Waals surface area contributed by atoms with E-state index >= 15 is 0 Å². The molecule has 2 heterocycles. The number of nitrogens with zero attached hydrogens (tertiary/aromatic N) is 3. The highest BCUT2D eigenvalue weighted by Gasteiger charge is 2.11. The largest absolute Gasteiger partial charge is 0.441 e. The van der Waals surface area contributed by atoms with Gasteiger partial charge in [-0.15, -0.1) is 0 Å². The Hall–Kier alpha value is -2.99. The first-order chi connectivity index (χ1) is 12.6. The standard InChI is InChI=1S/C19H14ClFN4O/c1-11-25-16-7-14(20)13(6-18(16)26-11)17-9-24-19(10-22-17)23-8-12-4-2-3-5-15(12)21/h2-7,9-10H,8H2,1H3,(H,23,24). The van der Waals surface area contributed by atoms with E-state index in [0.29, 0.717) is 51.2 Å². The van der Waals surface area contributed by atoms with Crippen molar-refractivity contribution in [2.45, 2.75) is 13.5 Å². The number of oxazole rings is 1. The average molecular weight is 369 g/mol. The summed E-state index contributed by atoms with van der Waals surface area (Å²) in [5.74, 6) is 0.865. The Balaban J connectivity index is 1.56. The van der Waals surface area contributed by atoms with Gasteiger partial charge in [-0.05, 0) is 18.2 Å². The average Bonchev–Trinajstić information content (AvgIpc) is 3.00. The van der Waals surface area contributed by atoms with Gasteiger partial charge in [0.25, 0.3) is 0 Å². The fourth-order valence-corrected chi connectivity index (χ4v) is 2.90. The quantitative estimate of drug-likeness (QED) is 0.549. The predicted molar refractivity (Wildman–Crippen MR) is 98.5 cm³/mol. The Bertz CT molecular complexity index is 1080. The molecule has 4 aromatic rings. The first-order valence-corrected chi connectivity index (χ1v) is 8.34. The van der Waals surface area contributed by atoms with Crippen LogP contribution in [0, 0.1) is 12.7 Å². The zero-order valence-electron chi connectivity index (χ0n) is 13.8. The van der Waals surface area contributed by atoms with Crippen LogP contribution < -0.4 is 5.32 Å². The molecule has 5 nitrogen and oxygen atoms in total. The molecule has 0 aliphatic heterocycles. The SMILES string of the molecule is Cc1nc2cc(Cl)c(-c3cnc(NCc4ccccc4F)cn3)cc2o1. The Labute approximate surface area is 153 Å². The second-order valence-corrected chi connectivity index (χ2v) is 6.17. The van der Waals surface area contributed by atoms with Gasteiger partial charge in [-0.2, -0.15) is 0 Å². The molecule has 0 unspecified atom stereocenters. The first kappa shape index (κ1) is 16.5. The van der Waals surface area contributed by atoms with Crippen LogP contribution >= 0.6 is 11.6 Å². The molecular formula is C19H14ClFN4O. The molecule has 2 aromatic carbocycles. The van der Waals surface area contributed by atoms with Crippen molar-refractivity contribution in [3.63, 3.8) is 0 Å². The maximum atomic E-state index is 13.6. The zero-order valence-corrected chi connectivity index (χ0v) is 14.6. The third kappa shape index (κ3) is 3.23. The zero-order chi connectivity index (χ0) is 18.1. The molecule has 0 bridgehead atoms. The van der Waals surface area contributed by atoms with Crippen LogP contribution in [0.2, 0.25) is 5.02 Å². The normalized spacial score (nSPS) is 11.0. The minimum absolute atomic E-state index is 0.257. The molecule has 0 aliphatic rings. The Morgan fingerprint density at radius 1 is 1.15 bits per heavy atom. The van der Waals surface area contributed by atoms with E-state index in [4.69, 9.17) is 16.0 Å². The van der Waals surface area contributed by atoms with Crippen molar-refractivity contribution in [2.75, 3.05) is 5.32 Å². The van der Waals surface area contributed by atoms with E-state index in [0.717, 1.165) is 0 Å². The van der Waals surface area contributed by atoms with E-state index in [1.54, 1.807) is 49.6 Å². The van der Waals surface area contributed by atoms with Crippen molar-refractivity contribution in [3.8, 4) is 11.3 Å². The number of anilines is 1. The van der Waals surface area contributed by atoms with Crippen molar-refractivity contribution < 1.29 is 8.81 Å². The summed E-state index contributed by atoms with van der Waals surface area (Å²) in [4.78, 5) is 13.0. The molecule has 2 aromatic heterocycles. The number of hydrogen-bond donors (Lipinski definition) is 1. The number of rotatable bonds is 4. The van der Waals surface area contributed by atoms with Crippen LogP contribution in [0.25, 0.3) is 22.4 Å². The lowest BCUT2D eigenvalue weighted by atomic mass is 10.1. The lowest BCUT2D eigenvalue weighted by Gasteiger charge is -2.08. The molecule has 0 spiro atoms. The maximum absolute atomic E-state index is 13.6. The number of nitrogens with one attached hydrogen (secondary N) is 1. The third-order valence-corrected chi connectivity index (χ3v) is 4.24. The highest BCUT2D eigenvalue weighted by atomic mass is 35.5.